The summed E-state index contributed by atoms with van der Waals surface area (Å²) < 4.78 is 0. The molecule has 0 nitrogen and oxygen atoms in total. The van der Waals surface area contributed by atoms with Crippen LogP contribution in [0.4, 0.5) is 0 Å². The molecular formula is C4H7P. The van der Waals surface area contributed by atoms with Crippen LogP contribution in [0, 0.1) is 0 Å². The topological polar surface area (TPSA) is 0 Å². The summed E-state index contributed by atoms with van der Waals surface area (Å²) in [6.45, 7) is 2.22. The van der Waals surface area contributed by atoms with Gasteiger partial charge in [-0.3, -0.25) is 0 Å². The van der Waals surface area contributed by atoms with E-state index in [4.69, 9.17) is 0 Å². The molecule has 28 valence electrons. The Kier molecular flexibility index (Phi) is 0.740. The number of hydrogen-bond acceptors (Lipinski definition) is 0. The minimum absolute atomic E-state index is 1.32. The molecule has 0 aromatic carbocycles. The second-order valence-electron chi connectivity index (χ2n) is 1.24. The lowest BCUT2D eigenvalue weighted by Crippen LogP contribution is -1.71. The van der Waals surface area contributed by atoms with Crippen molar-refractivity contribution in [2.24, 2.45) is 0 Å². The molecule has 1 heterocycles. The Labute approximate surface area is 34.0 Å². The fourth-order valence-electron chi connectivity index (χ4n) is 0.280. The lowest BCUT2D eigenvalue weighted by molar-refractivity contribution is 1.32. The molecule has 0 saturated carbocycles. The first-order valence-corrected chi connectivity index (χ1v) is 3.03. The van der Waals surface area contributed by atoms with Gasteiger partial charge in [-0.2, -0.15) is 0 Å². The second kappa shape index (κ2) is 1.10. The van der Waals surface area contributed by atoms with Gasteiger partial charge < -0.3 is 0 Å². The largest absolute Gasteiger partial charge is 0.0999 e. The summed E-state index contributed by atoms with van der Waals surface area (Å²) in [7, 11) is 1.61. The van der Waals surface area contributed by atoms with Crippen molar-refractivity contribution < 1.29 is 0 Å². The van der Waals surface area contributed by atoms with Gasteiger partial charge in [0.05, 0.1) is 0 Å². The highest BCUT2D eigenvalue weighted by atomic mass is 31.1. The first-order chi connectivity index (χ1) is 2.43. The maximum Gasteiger partial charge on any atom is 0.0147 e. The lowest BCUT2D eigenvalue weighted by Gasteiger charge is -1.65. The van der Waals surface area contributed by atoms with Crippen LogP contribution in [-0.4, -0.2) is 11.5 Å². The third-order valence-corrected chi connectivity index (χ3v) is 1.87. The van der Waals surface area contributed by atoms with Gasteiger partial charge in [0.15, 0.2) is 0 Å². The van der Waals surface area contributed by atoms with Crippen LogP contribution in [0.2, 0.25) is 0 Å². The van der Waals surface area contributed by atoms with Crippen molar-refractivity contribution >= 4 is 13.5 Å². The van der Waals surface area contributed by atoms with Crippen LogP contribution in [0.3, 0.4) is 0 Å². The number of hydrogen-bond donors (Lipinski definition) is 0. The van der Waals surface area contributed by atoms with Gasteiger partial charge >= 0.3 is 0 Å². The summed E-state index contributed by atoms with van der Waals surface area (Å²) in [5.41, 5.74) is 0. The van der Waals surface area contributed by atoms with Crippen LogP contribution in [0.1, 0.15) is 13.3 Å². The van der Waals surface area contributed by atoms with Crippen molar-refractivity contribution in [2.75, 3.05) is 6.16 Å². The van der Waals surface area contributed by atoms with Gasteiger partial charge in [-0.1, -0.05) is 15.1 Å². The van der Waals surface area contributed by atoms with E-state index >= 15 is 0 Å². The Bertz CT molecular complexity index is 64.0. The first-order valence-electron chi connectivity index (χ1n) is 1.95. The number of rotatable bonds is 1. The molecule has 0 N–H and O–H groups in total. The Hall–Kier alpha value is 0.170. The van der Waals surface area contributed by atoms with Gasteiger partial charge in [0.2, 0.25) is 0 Å². The third kappa shape index (κ3) is 0.735. The monoisotopic (exact) mass is 86.0 g/mol. The van der Waals surface area contributed by atoms with E-state index in [9.17, 15) is 0 Å². The van der Waals surface area contributed by atoms with E-state index < -0.39 is 0 Å². The Balaban J connectivity index is 2.22. The molecule has 5 heavy (non-hydrogen) atoms. The Morgan fingerprint density at radius 2 is 2.60 bits per heavy atom. The fourth-order valence-corrected chi connectivity index (χ4v) is 0.839. The predicted octanol–water partition coefficient (Wildman–Crippen LogP) is 1.53. The average molecular weight is 86.1 g/mol. The van der Waals surface area contributed by atoms with Gasteiger partial charge in [-0.25, -0.2) is 0 Å². The highest BCUT2D eigenvalue weighted by Gasteiger charge is 2.01. The normalized spacial score (nSPS) is 21.4. The van der Waals surface area contributed by atoms with E-state index in [1.165, 1.54) is 12.6 Å². The van der Waals surface area contributed by atoms with Gasteiger partial charge in [-0.05, 0) is 11.7 Å². The van der Waals surface area contributed by atoms with Crippen molar-refractivity contribution in [1.29, 1.82) is 0 Å². The minimum atomic E-state index is 1.32. The standard InChI is InChI=1S/C4H7P/c1-2-4-3-5-4/h2-3H2,1H3. The summed E-state index contributed by atoms with van der Waals surface area (Å²) in [6.07, 6.45) is 2.72. The van der Waals surface area contributed by atoms with Crippen LogP contribution in [0.25, 0.3) is 0 Å². The maximum absolute atomic E-state index is 2.22. The van der Waals surface area contributed by atoms with Crippen LogP contribution in [0.5, 0.6) is 0 Å². The van der Waals surface area contributed by atoms with E-state index in [0.29, 0.717) is 0 Å². The summed E-state index contributed by atoms with van der Waals surface area (Å²) in [5, 5.41) is 1.73. The van der Waals surface area contributed by atoms with Crippen LogP contribution < -0.4 is 0 Å². The van der Waals surface area contributed by atoms with Crippen molar-refractivity contribution in [2.45, 2.75) is 13.3 Å². The summed E-state index contributed by atoms with van der Waals surface area (Å²) >= 11 is 0. The zero-order valence-electron chi connectivity index (χ0n) is 3.36. The molecule has 0 unspecified atom stereocenters. The molecule has 0 amide bonds. The first kappa shape index (κ1) is 3.36. The van der Waals surface area contributed by atoms with Gasteiger partial charge in [0.25, 0.3) is 0 Å². The summed E-state index contributed by atoms with van der Waals surface area (Å²) in [6, 6.07) is 0. The van der Waals surface area contributed by atoms with Crippen LogP contribution in [0.15, 0.2) is 0 Å². The zero-order chi connectivity index (χ0) is 3.70. The minimum Gasteiger partial charge on any atom is -0.0999 e. The molecule has 0 saturated heterocycles. The quantitative estimate of drug-likeness (QED) is 0.424. The molecule has 0 aromatic rings. The van der Waals surface area contributed by atoms with Gasteiger partial charge in [-0.15, -0.1) is 0 Å². The second-order valence-corrected chi connectivity index (χ2v) is 2.50. The van der Waals surface area contributed by atoms with Crippen LogP contribution in [-0.2, 0) is 0 Å². The average Bonchev–Trinajstić information content (AvgIpc) is 2.12. The smallest absolute Gasteiger partial charge is 0.0147 e. The summed E-state index contributed by atoms with van der Waals surface area (Å²) in [4.78, 5) is 0. The summed E-state index contributed by atoms with van der Waals surface area (Å²) in [5.74, 6) is 0. The SMILES string of the molecule is CCC1=PC1. The highest BCUT2D eigenvalue weighted by molar-refractivity contribution is 7.53. The highest BCUT2D eigenvalue weighted by Crippen LogP contribution is 2.19. The Morgan fingerprint density at radius 3 is 2.60 bits per heavy atom. The molecule has 1 aliphatic rings. The molecule has 1 heteroatoms. The third-order valence-electron chi connectivity index (χ3n) is 0.790. The predicted molar refractivity (Wildman–Crippen MR) is 27.1 cm³/mol. The maximum atomic E-state index is 2.22. The van der Waals surface area contributed by atoms with Gasteiger partial charge in [0.1, 0.15) is 0 Å². The van der Waals surface area contributed by atoms with Crippen molar-refractivity contribution in [3.63, 3.8) is 0 Å². The molecule has 0 aromatic heterocycles. The molecule has 0 aliphatic carbocycles. The molecule has 1 rings (SSSR count). The lowest BCUT2D eigenvalue weighted by atomic mass is 10.4. The molecule has 0 bridgehead atoms. The van der Waals surface area contributed by atoms with Gasteiger partial charge in [0, 0.05) is 6.16 Å². The van der Waals surface area contributed by atoms with E-state index in [0.717, 1.165) is 0 Å². The molecule has 0 fully saturated rings. The van der Waals surface area contributed by atoms with E-state index in [1.54, 1.807) is 13.5 Å². The zero-order valence-corrected chi connectivity index (χ0v) is 4.26. The van der Waals surface area contributed by atoms with E-state index in [1.807, 2.05) is 0 Å². The van der Waals surface area contributed by atoms with Crippen LogP contribution >= 0.6 is 8.20 Å². The van der Waals surface area contributed by atoms with E-state index in [-0.39, 0.29) is 0 Å². The molecule has 1 aliphatic heterocycles. The molecular weight excluding hydrogens is 79.0 g/mol. The van der Waals surface area contributed by atoms with Crippen molar-refractivity contribution in [3.8, 4) is 0 Å². The Morgan fingerprint density at radius 1 is 2.00 bits per heavy atom. The van der Waals surface area contributed by atoms with E-state index in [2.05, 4.69) is 6.92 Å². The molecule has 0 radical (unpaired) electrons. The molecule has 0 spiro atoms. The molecule has 0 atom stereocenters. The fraction of sp³-hybridized carbons (Fsp3) is 0.750. The van der Waals surface area contributed by atoms with Crippen molar-refractivity contribution in [3.05, 3.63) is 0 Å². The van der Waals surface area contributed by atoms with Crippen molar-refractivity contribution in [1.82, 2.24) is 0 Å².